The fourth-order valence-electron chi connectivity index (χ4n) is 1.03. The molecule has 0 N–H and O–H groups in total. The van der Waals surface area contributed by atoms with Gasteiger partial charge < -0.3 is 0 Å². The van der Waals surface area contributed by atoms with E-state index in [9.17, 15) is 0 Å². The van der Waals surface area contributed by atoms with Crippen LogP contribution in [-0.2, 0) is 20.4 Å². The molecule has 0 aromatic carbocycles. The first kappa shape index (κ1) is 10.0. The summed E-state index contributed by atoms with van der Waals surface area (Å²) in [6.45, 7) is 0. The standard InChI is InChI=1S/C10H8N2.Re/c1-3-7-11-9(5-1)10-6-2-4-8-12-10;/h1-8H;/q;+1. The van der Waals surface area contributed by atoms with Gasteiger partial charge in [-0.25, -0.2) is 0 Å². The molecule has 2 aromatic heterocycles. The number of rotatable bonds is 1. The molecule has 2 rings (SSSR count). The van der Waals surface area contributed by atoms with Gasteiger partial charge in [-0.15, -0.1) is 0 Å². The van der Waals surface area contributed by atoms with E-state index in [0.717, 1.165) is 11.4 Å². The van der Waals surface area contributed by atoms with Gasteiger partial charge in [0.2, 0.25) is 0 Å². The summed E-state index contributed by atoms with van der Waals surface area (Å²) in [6.07, 6.45) is 3.54. The molecule has 0 aliphatic heterocycles. The predicted molar refractivity (Wildman–Crippen MR) is 47.5 cm³/mol. The van der Waals surface area contributed by atoms with Crippen LogP contribution in [0.5, 0.6) is 0 Å². The maximum absolute atomic E-state index is 4.19. The summed E-state index contributed by atoms with van der Waals surface area (Å²) in [7, 11) is 0. The van der Waals surface area contributed by atoms with Crippen molar-refractivity contribution in [2.75, 3.05) is 0 Å². The summed E-state index contributed by atoms with van der Waals surface area (Å²) < 4.78 is 0. The summed E-state index contributed by atoms with van der Waals surface area (Å²) in [4.78, 5) is 8.37. The molecular weight excluding hydrogens is 334 g/mol. The van der Waals surface area contributed by atoms with E-state index in [1.807, 2.05) is 36.4 Å². The molecule has 0 unspecified atom stereocenters. The quantitative estimate of drug-likeness (QED) is 0.794. The second-order valence-electron chi connectivity index (χ2n) is 2.43. The van der Waals surface area contributed by atoms with E-state index in [-0.39, 0.29) is 20.4 Å². The average Bonchev–Trinajstić information content (AvgIpc) is 2.21. The largest absolute Gasteiger partial charge is 1.00 e. The number of aromatic nitrogens is 2. The molecule has 0 radical (unpaired) electrons. The van der Waals surface area contributed by atoms with Gasteiger partial charge in [-0.2, -0.15) is 0 Å². The minimum atomic E-state index is 0. The van der Waals surface area contributed by atoms with Gasteiger partial charge in [0.15, 0.2) is 0 Å². The van der Waals surface area contributed by atoms with Gasteiger partial charge >= 0.3 is 20.4 Å². The molecule has 0 aliphatic carbocycles. The SMILES string of the molecule is [Re+].c1ccc(-c2ccccn2)nc1. The van der Waals surface area contributed by atoms with Crippen molar-refractivity contribution in [2.45, 2.75) is 0 Å². The van der Waals surface area contributed by atoms with Crippen LogP contribution in [0.25, 0.3) is 11.4 Å². The molecule has 0 saturated heterocycles. The van der Waals surface area contributed by atoms with Crippen molar-refractivity contribution in [3.8, 4) is 11.4 Å². The summed E-state index contributed by atoms with van der Waals surface area (Å²) >= 11 is 0. The molecular formula is C10H8N2Re+. The Bertz CT molecular complexity index is 310. The first-order chi connectivity index (χ1) is 5.97. The normalized spacial score (nSPS) is 8.92. The molecule has 2 heterocycles. The van der Waals surface area contributed by atoms with E-state index in [1.54, 1.807) is 12.4 Å². The van der Waals surface area contributed by atoms with Gasteiger partial charge in [0.05, 0.1) is 11.4 Å². The van der Waals surface area contributed by atoms with Gasteiger partial charge in [-0.05, 0) is 24.3 Å². The van der Waals surface area contributed by atoms with Crippen LogP contribution in [0.15, 0.2) is 48.8 Å². The van der Waals surface area contributed by atoms with Crippen molar-refractivity contribution < 1.29 is 20.4 Å². The summed E-state index contributed by atoms with van der Waals surface area (Å²) in [6, 6.07) is 11.6. The zero-order chi connectivity index (χ0) is 8.23. The van der Waals surface area contributed by atoms with Gasteiger partial charge in [-0.3, -0.25) is 9.97 Å². The first-order valence-electron chi connectivity index (χ1n) is 3.79. The third-order valence-electron chi connectivity index (χ3n) is 1.59. The Hall–Kier alpha value is -1.04. The summed E-state index contributed by atoms with van der Waals surface area (Å²) in [5.41, 5.74) is 1.83. The van der Waals surface area contributed by atoms with Crippen LogP contribution < -0.4 is 0 Å². The van der Waals surface area contributed by atoms with Crippen LogP contribution in [0.3, 0.4) is 0 Å². The smallest absolute Gasteiger partial charge is 0.255 e. The van der Waals surface area contributed by atoms with Crippen molar-refractivity contribution in [1.29, 1.82) is 0 Å². The predicted octanol–water partition coefficient (Wildman–Crippen LogP) is 2.14. The van der Waals surface area contributed by atoms with E-state index < -0.39 is 0 Å². The van der Waals surface area contributed by atoms with E-state index >= 15 is 0 Å². The van der Waals surface area contributed by atoms with E-state index in [2.05, 4.69) is 9.97 Å². The molecule has 0 aliphatic rings. The average molecular weight is 342 g/mol. The molecule has 0 spiro atoms. The Labute approximate surface area is 90.7 Å². The molecule has 13 heavy (non-hydrogen) atoms. The second-order valence-corrected chi connectivity index (χ2v) is 2.43. The Morgan fingerprint density at radius 1 is 0.692 bits per heavy atom. The van der Waals surface area contributed by atoms with Crippen LogP contribution in [0.2, 0.25) is 0 Å². The zero-order valence-electron chi connectivity index (χ0n) is 6.89. The maximum atomic E-state index is 4.19. The maximum Gasteiger partial charge on any atom is 1.00 e. The minimum absolute atomic E-state index is 0. The van der Waals surface area contributed by atoms with Crippen molar-refractivity contribution in [3.05, 3.63) is 48.8 Å². The fourth-order valence-corrected chi connectivity index (χ4v) is 1.03. The topological polar surface area (TPSA) is 25.8 Å². The van der Waals surface area contributed by atoms with Crippen molar-refractivity contribution >= 4 is 0 Å². The van der Waals surface area contributed by atoms with Gasteiger partial charge in [0.25, 0.3) is 0 Å². The Balaban J connectivity index is 0.000000845. The third kappa shape index (κ3) is 2.45. The molecule has 3 heteroatoms. The molecule has 0 atom stereocenters. The minimum Gasteiger partial charge on any atom is -0.255 e. The molecule has 0 fully saturated rings. The zero-order valence-corrected chi connectivity index (χ0v) is 9.61. The van der Waals surface area contributed by atoms with E-state index in [0.29, 0.717) is 0 Å². The number of nitrogens with zero attached hydrogens (tertiary/aromatic N) is 2. The Morgan fingerprint density at radius 2 is 1.15 bits per heavy atom. The van der Waals surface area contributed by atoms with Gasteiger partial charge in [0.1, 0.15) is 0 Å². The molecule has 64 valence electrons. The molecule has 0 bridgehead atoms. The van der Waals surface area contributed by atoms with E-state index in [1.165, 1.54) is 0 Å². The molecule has 0 amide bonds. The second kappa shape index (κ2) is 4.86. The third-order valence-corrected chi connectivity index (χ3v) is 1.59. The monoisotopic (exact) mass is 343 g/mol. The van der Waals surface area contributed by atoms with Crippen LogP contribution in [0.4, 0.5) is 0 Å². The van der Waals surface area contributed by atoms with Crippen molar-refractivity contribution in [3.63, 3.8) is 0 Å². The number of hydrogen-bond acceptors (Lipinski definition) is 2. The van der Waals surface area contributed by atoms with E-state index in [4.69, 9.17) is 0 Å². The number of pyridine rings is 2. The molecule has 0 saturated carbocycles. The number of hydrogen-bond donors (Lipinski definition) is 0. The van der Waals surface area contributed by atoms with Gasteiger partial charge in [0, 0.05) is 12.4 Å². The van der Waals surface area contributed by atoms with Crippen LogP contribution in [0, 0.1) is 0 Å². The van der Waals surface area contributed by atoms with Crippen molar-refractivity contribution in [2.24, 2.45) is 0 Å². The Morgan fingerprint density at radius 3 is 1.46 bits per heavy atom. The van der Waals surface area contributed by atoms with Crippen LogP contribution in [0.1, 0.15) is 0 Å². The van der Waals surface area contributed by atoms with Crippen LogP contribution >= 0.6 is 0 Å². The molecule has 2 aromatic rings. The summed E-state index contributed by atoms with van der Waals surface area (Å²) in [5.74, 6) is 0. The Kier molecular flexibility index (Phi) is 3.76. The first-order valence-corrected chi connectivity index (χ1v) is 3.79. The fraction of sp³-hybridized carbons (Fsp3) is 0. The van der Waals surface area contributed by atoms with Gasteiger partial charge in [-0.1, -0.05) is 12.1 Å². The van der Waals surface area contributed by atoms with Crippen LogP contribution in [-0.4, -0.2) is 9.97 Å². The van der Waals surface area contributed by atoms with Crippen molar-refractivity contribution in [1.82, 2.24) is 9.97 Å². The molecule has 2 nitrogen and oxygen atoms in total. The summed E-state index contributed by atoms with van der Waals surface area (Å²) in [5, 5.41) is 0.